The summed E-state index contributed by atoms with van der Waals surface area (Å²) >= 11 is 0. The quantitative estimate of drug-likeness (QED) is 0.564. The molecule has 0 spiro atoms. The Morgan fingerprint density at radius 3 is 1.81 bits per heavy atom. The summed E-state index contributed by atoms with van der Waals surface area (Å²) in [6.07, 6.45) is 1.92. The Bertz CT molecular complexity index is 637. The molecule has 0 aliphatic carbocycles. The molecule has 1 N–H and O–H groups in total. The van der Waals surface area contributed by atoms with Gasteiger partial charge >= 0.3 is 0 Å². The van der Waals surface area contributed by atoms with Crippen molar-refractivity contribution < 1.29 is 9.53 Å². The Morgan fingerprint density at radius 2 is 1.46 bits per heavy atom. The molecule has 0 heterocycles. The first kappa shape index (κ1) is 20.6. The second kappa shape index (κ2) is 8.80. The summed E-state index contributed by atoms with van der Waals surface area (Å²) in [6, 6.07) is 21.3. The first-order valence-electron chi connectivity index (χ1n) is 9.35. The third-order valence-corrected chi connectivity index (χ3v) is 10.2. The molecule has 2 nitrogen and oxygen atoms in total. The Kier molecular flexibility index (Phi) is 6.99. The van der Waals surface area contributed by atoms with Gasteiger partial charge in [0, 0.05) is 19.1 Å². The predicted molar refractivity (Wildman–Crippen MR) is 114 cm³/mol. The average molecular weight is 369 g/mol. The van der Waals surface area contributed by atoms with Crippen molar-refractivity contribution in [2.45, 2.75) is 32.7 Å². The van der Waals surface area contributed by atoms with Crippen LogP contribution in [0.25, 0.3) is 0 Å². The minimum Gasteiger partial charge on any atom is -0.407 e. The minimum atomic E-state index is -2.52. The molecule has 3 heteroatoms. The molecule has 2 aromatic carbocycles. The molecule has 0 unspecified atom stereocenters. The highest BCUT2D eigenvalue weighted by molar-refractivity contribution is 6.99. The molecule has 0 aromatic heterocycles. The van der Waals surface area contributed by atoms with Crippen molar-refractivity contribution in [2.75, 3.05) is 13.2 Å². The van der Waals surface area contributed by atoms with Gasteiger partial charge in [-0.25, -0.2) is 0 Å². The van der Waals surface area contributed by atoms with E-state index in [1.807, 2.05) is 13.0 Å². The van der Waals surface area contributed by atoms with Crippen LogP contribution in [0.15, 0.2) is 73.3 Å². The molecule has 0 amide bonds. The number of rotatable bonds is 8. The highest BCUT2D eigenvalue weighted by atomic mass is 28.4. The number of hydrogen-bond donors (Lipinski definition) is 1. The normalized spacial score (nSPS) is 14.7. The molecule has 2 rings (SSSR count). The van der Waals surface area contributed by atoms with Crippen LogP contribution in [-0.4, -0.2) is 26.6 Å². The fourth-order valence-electron chi connectivity index (χ4n) is 3.58. The molecule has 2 aromatic rings. The molecule has 2 atom stereocenters. The van der Waals surface area contributed by atoms with Crippen molar-refractivity contribution in [2.24, 2.45) is 11.8 Å². The topological polar surface area (TPSA) is 29.5 Å². The minimum absolute atomic E-state index is 0.0378. The van der Waals surface area contributed by atoms with E-state index >= 15 is 0 Å². The van der Waals surface area contributed by atoms with Crippen LogP contribution in [0.1, 0.15) is 27.7 Å². The predicted octanol–water partition coefficient (Wildman–Crippen LogP) is 3.99. The van der Waals surface area contributed by atoms with E-state index in [1.165, 1.54) is 10.4 Å². The standard InChI is InChI=1S/C23H32O2Si/c1-6-20(19(2)17-24)18-25-26(23(3,4)5,21-13-9-7-10-14-21)22-15-11-8-12-16-22/h6-16,19-20,24H,1,17-18H2,2-5H3/t19-,20-/m0/s1. The van der Waals surface area contributed by atoms with Crippen LogP contribution in [0, 0.1) is 11.8 Å². The van der Waals surface area contributed by atoms with E-state index in [2.05, 4.69) is 88.0 Å². The maximum atomic E-state index is 9.57. The van der Waals surface area contributed by atoms with E-state index in [0.717, 1.165) is 0 Å². The van der Waals surface area contributed by atoms with Gasteiger partial charge in [-0.3, -0.25) is 0 Å². The van der Waals surface area contributed by atoms with E-state index < -0.39 is 8.32 Å². The Hall–Kier alpha value is -1.68. The van der Waals surface area contributed by atoms with Gasteiger partial charge in [-0.15, -0.1) is 6.58 Å². The molecule has 26 heavy (non-hydrogen) atoms. The molecule has 0 aliphatic rings. The lowest BCUT2D eigenvalue weighted by molar-refractivity contribution is 0.161. The van der Waals surface area contributed by atoms with Gasteiger partial charge in [-0.1, -0.05) is 94.4 Å². The lowest BCUT2D eigenvalue weighted by Crippen LogP contribution is -2.67. The van der Waals surface area contributed by atoms with Gasteiger partial charge in [0.05, 0.1) is 0 Å². The van der Waals surface area contributed by atoms with E-state index in [4.69, 9.17) is 4.43 Å². The highest BCUT2D eigenvalue weighted by Crippen LogP contribution is 2.37. The average Bonchev–Trinajstić information content (AvgIpc) is 2.65. The van der Waals surface area contributed by atoms with Crippen molar-refractivity contribution in [3.05, 3.63) is 73.3 Å². The lowest BCUT2D eigenvalue weighted by Gasteiger charge is -2.44. The van der Waals surface area contributed by atoms with Gasteiger partial charge < -0.3 is 9.53 Å². The number of hydrogen-bond acceptors (Lipinski definition) is 2. The van der Waals surface area contributed by atoms with Crippen LogP contribution in [0.3, 0.4) is 0 Å². The summed E-state index contributed by atoms with van der Waals surface area (Å²) in [4.78, 5) is 0. The first-order valence-corrected chi connectivity index (χ1v) is 11.3. The zero-order valence-electron chi connectivity index (χ0n) is 16.5. The van der Waals surface area contributed by atoms with Gasteiger partial charge in [0.1, 0.15) is 0 Å². The van der Waals surface area contributed by atoms with Crippen LogP contribution >= 0.6 is 0 Å². The monoisotopic (exact) mass is 368 g/mol. The van der Waals surface area contributed by atoms with Gasteiger partial charge in [0.25, 0.3) is 8.32 Å². The van der Waals surface area contributed by atoms with Crippen molar-refractivity contribution in [1.29, 1.82) is 0 Å². The highest BCUT2D eigenvalue weighted by Gasteiger charge is 2.50. The Labute approximate surface area is 159 Å². The van der Waals surface area contributed by atoms with Crippen molar-refractivity contribution in [1.82, 2.24) is 0 Å². The van der Waals surface area contributed by atoms with Crippen LogP contribution in [0.5, 0.6) is 0 Å². The lowest BCUT2D eigenvalue weighted by atomic mass is 9.96. The summed E-state index contributed by atoms with van der Waals surface area (Å²) in [7, 11) is -2.52. The zero-order chi connectivity index (χ0) is 19.2. The van der Waals surface area contributed by atoms with E-state index in [9.17, 15) is 5.11 Å². The van der Waals surface area contributed by atoms with Gasteiger partial charge in [0.2, 0.25) is 0 Å². The molecule has 0 radical (unpaired) electrons. The summed E-state index contributed by atoms with van der Waals surface area (Å²) in [5.74, 6) is 0.257. The molecule has 0 saturated carbocycles. The van der Waals surface area contributed by atoms with E-state index in [-0.39, 0.29) is 23.5 Å². The summed E-state index contributed by atoms with van der Waals surface area (Å²) in [5, 5.41) is 12.1. The Morgan fingerprint density at radius 1 is 1.00 bits per heavy atom. The van der Waals surface area contributed by atoms with Crippen LogP contribution in [-0.2, 0) is 4.43 Å². The maximum absolute atomic E-state index is 9.57. The summed E-state index contributed by atoms with van der Waals surface area (Å²) in [6.45, 7) is 13.5. The van der Waals surface area contributed by atoms with Crippen molar-refractivity contribution >= 4 is 18.7 Å². The second-order valence-corrected chi connectivity index (χ2v) is 12.3. The molecular weight excluding hydrogens is 336 g/mol. The Balaban J connectivity index is 2.55. The first-order chi connectivity index (χ1) is 12.4. The van der Waals surface area contributed by atoms with Crippen molar-refractivity contribution in [3.63, 3.8) is 0 Å². The SMILES string of the molecule is C=C[C@@H](CO[Si](c1ccccc1)(c1ccccc1)C(C)(C)C)[C@@H](C)CO. The molecular formula is C23H32O2Si. The second-order valence-electron chi connectivity index (χ2n) is 8.03. The van der Waals surface area contributed by atoms with Gasteiger partial charge in [-0.2, -0.15) is 0 Å². The number of aliphatic hydroxyl groups is 1. The van der Waals surface area contributed by atoms with Crippen LogP contribution in [0.2, 0.25) is 5.04 Å². The van der Waals surface area contributed by atoms with Gasteiger partial charge in [-0.05, 0) is 21.3 Å². The summed E-state index contributed by atoms with van der Waals surface area (Å²) in [5.41, 5.74) is 0. The van der Waals surface area contributed by atoms with Crippen LogP contribution in [0.4, 0.5) is 0 Å². The van der Waals surface area contributed by atoms with Crippen molar-refractivity contribution in [3.8, 4) is 0 Å². The molecule has 0 fully saturated rings. The maximum Gasteiger partial charge on any atom is 0.261 e. The molecule has 0 aliphatic heterocycles. The molecule has 0 saturated heterocycles. The summed E-state index contributed by atoms with van der Waals surface area (Å²) < 4.78 is 6.90. The fourth-order valence-corrected chi connectivity index (χ4v) is 8.18. The third kappa shape index (κ3) is 4.17. The van der Waals surface area contributed by atoms with E-state index in [1.54, 1.807) is 0 Å². The third-order valence-electron chi connectivity index (χ3n) is 5.23. The molecule has 140 valence electrons. The molecule has 0 bridgehead atoms. The smallest absolute Gasteiger partial charge is 0.261 e. The zero-order valence-corrected chi connectivity index (χ0v) is 17.5. The number of benzene rings is 2. The number of aliphatic hydroxyl groups excluding tert-OH is 1. The largest absolute Gasteiger partial charge is 0.407 e. The fraction of sp³-hybridized carbons (Fsp3) is 0.391. The van der Waals surface area contributed by atoms with Crippen LogP contribution < -0.4 is 10.4 Å². The van der Waals surface area contributed by atoms with Gasteiger partial charge in [0.15, 0.2) is 0 Å². The van der Waals surface area contributed by atoms with E-state index in [0.29, 0.717) is 6.61 Å².